The van der Waals surface area contributed by atoms with Gasteiger partial charge in [0.2, 0.25) is 11.8 Å². The van der Waals surface area contributed by atoms with Crippen molar-refractivity contribution in [3.63, 3.8) is 0 Å². The summed E-state index contributed by atoms with van der Waals surface area (Å²) in [5.41, 5.74) is 1.65. The quantitative estimate of drug-likeness (QED) is 0.342. The molecule has 3 aromatic rings. The van der Waals surface area contributed by atoms with Crippen molar-refractivity contribution in [2.45, 2.75) is 82.5 Å². The number of rotatable bonds is 9. The van der Waals surface area contributed by atoms with Crippen molar-refractivity contribution in [3.05, 3.63) is 47.2 Å². The first-order chi connectivity index (χ1) is 18.9. The topological polar surface area (TPSA) is 114 Å². The van der Waals surface area contributed by atoms with Gasteiger partial charge in [0.15, 0.2) is 5.65 Å². The van der Waals surface area contributed by atoms with E-state index in [1.54, 1.807) is 19.2 Å². The van der Waals surface area contributed by atoms with Crippen LogP contribution >= 0.6 is 0 Å². The average Bonchev–Trinajstić information content (AvgIpc) is 3.49. The molecule has 0 bridgehead atoms. The van der Waals surface area contributed by atoms with E-state index in [0.717, 1.165) is 12.8 Å². The van der Waals surface area contributed by atoms with Crippen LogP contribution in [0.4, 0.5) is 22.0 Å². The molecular formula is C26H29F5N6O3. The molecule has 0 radical (unpaired) electrons. The molecule has 40 heavy (non-hydrogen) atoms. The highest BCUT2D eigenvalue weighted by molar-refractivity contribution is 5.95. The molecule has 9 nitrogen and oxygen atoms in total. The van der Waals surface area contributed by atoms with Crippen LogP contribution in [0, 0.1) is 18.8 Å². The fourth-order valence-electron chi connectivity index (χ4n) is 5.20. The third kappa shape index (κ3) is 6.58. The normalized spacial score (nSPS) is 19.4. The zero-order valence-electron chi connectivity index (χ0n) is 21.7. The van der Waals surface area contributed by atoms with E-state index in [9.17, 15) is 31.5 Å². The summed E-state index contributed by atoms with van der Waals surface area (Å²) in [5.74, 6) is -3.83. The van der Waals surface area contributed by atoms with Crippen molar-refractivity contribution in [1.82, 2.24) is 30.4 Å². The van der Waals surface area contributed by atoms with Crippen LogP contribution in [0.1, 0.15) is 90.8 Å². The van der Waals surface area contributed by atoms with Crippen LogP contribution in [0.5, 0.6) is 0 Å². The number of nitrogens with zero attached hydrogens (tertiary/aromatic N) is 4. The number of hydrogen-bond acceptors (Lipinski definition) is 6. The van der Waals surface area contributed by atoms with Gasteiger partial charge in [0, 0.05) is 19.3 Å². The van der Waals surface area contributed by atoms with Crippen molar-refractivity contribution in [2.24, 2.45) is 11.8 Å². The number of amides is 2. The second-order valence-electron chi connectivity index (χ2n) is 10.7. The summed E-state index contributed by atoms with van der Waals surface area (Å²) in [7, 11) is 0. The lowest BCUT2D eigenvalue weighted by Gasteiger charge is -2.33. The molecule has 2 aliphatic rings. The number of halogens is 5. The molecule has 0 aliphatic heterocycles. The zero-order chi connectivity index (χ0) is 28.7. The van der Waals surface area contributed by atoms with Crippen LogP contribution in [0.25, 0.3) is 5.65 Å². The molecule has 2 amide bonds. The fraction of sp³-hybridized carbons (Fsp3) is 0.577. The Morgan fingerprint density at radius 3 is 2.42 bits per heavy atom. The summed E-state index contributed by atoms with van der Waals surface area (Å²) < 4.78 is 72.0. The molecule has 14 heteroatoms. The second-order valence-corrected chi connectivity index (χ2v) is 10.7. The zero-order valence-corrected chi connectivity index (χ0v) is 21.7. The second kappa shape index (κ2) is 10.8. The highest BCUT2D eigenvalue weighted by Gasteiger charge is 2.40. The van der Waals surface area contributed by atoms with Crippen molar-refractivity contribution in [1.29, 1.82) is 0 Å². The molecular weight excluding hydrogens is 539 g/mol. The lowest BCUT2D eigenvalue weighted by atomic mass is 9.81. The fourth-order valence-corrected chi connectivity index (χ4v) is 5.20. The molecule has 5 rings (SSSR count). The van der Waals surface area contributed by atoms with E-state index in [-0.39, 0.29) is 43.1 Å². The van der Waals surface area contributed by atoms with Gasteiger partial charge in [-0.05, 0) is 56.1 Å². The first kappa shape index (κ1) is 28.0. The van der Waals surface area contributed by atoms with Crippen LogP contribution in [0.2, 0.25) is 0 Å². The first-order valence-electron chi connectivity index (χ1n) is 13.2. The molecule has 0 aromatic carbocycles. The minimum atomic E-state index is -4.42. The van der Waals surface area contributed by atoms with Gasteiger partial charge in [0.1, 0.15) is 11.3 Å². The first-order valence-corrected chi connectivity index (χ1v) is 13.2. The van der Waals surface area contributed by atoms with Gasteiger partial charge >= 0.3 is 6.18 Å². The Morgan fingerprint density at radius 2 is 1.80 bits per heavy atom. The number of aryl methyl sites for hydroxylation is 1. The van der Waals surface area contributed by atoms with Crippen LogP contribution in [0.3, 0.4) is 0 Å². The van der Waals surface area contributed by atoms with Gasteiger partial charge in [-0.2, -0.15) is 18.3 Å². The lowest BCUT2D eigenvalue weighted by molar-refractivity contribution is -0.144. The summed E-state index contributed by atoms with van der Waals surface area (Å²) in [4.78, 5) is 29.9. The van der Waals surface area contributed by atoms with E-state index in [2.05, 4.69) is 25.9 Å². The number of nitrogens with one attached hydrogen (secondary N) is 2. The maximum atomic E-state index is 13.9. The summed E-state index contributed by atoms with van der Waals surface area (Å²) >= 11 is 0. The van der Waals surface area contributed by atoms with Crippen LogP contribution < -0.4 is 10.6 Å². The smallest absolute Gasteiger partial charge is 0.361 e. The van der Waals surface area contributed by atoms with Crippen LogP contribution in [-0.2, 0) is 4.79 Å². The molecule has 2 saturated carbocycles. The number of carbonyl (C=O) groups excluding carboxylic acids is 2. The van der Waals surface area contributed by atoms with Gasteiger partial charge in [-0.3, -0.25) is 9.59 Å². The van der Waals surface area contributed by atoms with Crippen molar-refractivity contribution in [2.75, 3.05) is 0 Å². The van der Waals surface area contributed by atoms with Gasteiger partial charge in [0.25, 0.3) is 5.91 Å². The molecule has 2 atom stereocenters. The lowest BCUT2D eigenvalue weighted by Crippen LogP contribution is -2.37. The number of hydrogen-bond donors (Lipinski definition) is 2. The number of imidazole rings is 1. The van der Waals surface area contributed by atoms with Crippen LogP contribution in [0.15, 0.2) is 29.2 Å². The molecule has 3 aromatic heterocycles. The molecule has 3 heterocycles. The Labute approximate surface area is 225 Å². The van der Waals surface area contributed by atoms with E-state index in [0.29, 0.717) is 22.7 Å². The highest BCUT2D eigenvalue weighted by Crippen LogP contribution is 2.43. The van der Waals surface area contributed by atoms with Gasteiger partial charge < -0.3 is 15.2 Å². The Morgan fingerprint density at radius 1 is 1.10 bits per heavy atom. The molecule has 0 saturated heterocycles. The molecule has 2 fully saturated rings. The van der Waals surface area contributed by atoms with E-state index >= 15 is 0 Å². The summed E-state index contributed by atoms with van der Waals surface area (Å²) in [5, 5.41) is 13.6. The Balaban J connectivity index is 1.39. The summed E-state index contributed by atoms with van der Waals surface area (Å²) in [6, 6.07) is 0.497. The predicted molar refractivity (Wildman–Crippen MR) is 130 cm³/mol. The van der Waals surface area contributed by atoms with E-state index < -0.39 is 48.8 Å². The Bertz CT molecular complexity index is 1370. The maximum Gasteiger partial charge on any atom is 0.389 e. The number of fused-ring (bicyclic) bond motifs is 1. The van der Waals surface area contributed by atoms with Crippen molar-refractivity contribution < 1.29 is 36.1 Å². The maximum absolute atomic E-state index is 13.9. The minimum Gasteiger partial charge on any atom is -0.361 e. The number of carbonyl (C=O) groups is 2. The summed E-state index contributed by atoms with van der Waals surface area (Å²) in [6.07, 6.45) is -0.466. The van der Waals surface area contributed by atoms with Gasteiger partial charge in [-0.1, -0.05) is 5.16 Å². The van der Waals surface area contributed by atoms with E-state index in [4.69, 9.17) is 4.52 Å². The standard InChI is InChI=1S/C26H29F5N6O3/c1-14-18(12-33-40-14)24(39)36-23(16-4-7-25(27,28)8-5-16)19-13-37-20(34-19)10-17(11-32-37)22(15-2-3-15)35-21(38)6-9-26(29,30)31/h10-13,15-16,22-23H,2-9H2,1H3,(H,35,38)(H,36,39)/t22?,23-/m0/s1. The molecule has 0 spiro atoms. The Hall–Kier alpha value is -3.58. The highest BCUT2D eigenvalue weighted by atomic mass is 19.4. The van der Waals surface area contributed by atoms with E-state index in [1.807, 2.05) is 0 Å². The largest absolute Gasteiger partial charge is 0.389 e. The summed E-state index contributed by atoms with van der Waals surface area (Å²) in [6.45, 7) is 1.59. The molecule has 2 aliphatic carbocycles. The minimum absolute atomic E-state index is 0.0799. The van der Waals surface area contributed by atoms with Gasteiger partial charge in [-0.15, -0.1) is 0 Å². The third-order valence-electron chi connectivity index (χ3n) is 7.60. The average molecular weight is 569 g/mol. The molecule has 216 valence electrons. The van der Waals surface area contributed by atoms with Gasteiger partial charge in [-0.25, -0.2) is 18.3 Å². The number of aromatic nitrogens is 4. The monoisotopic (exact) mass is 568 g/mol. The Kier molecular flexibility index (Phi) is 7.53. The molecule has 1 unspecified atom stereocenters. The van der Waals surface area contributed by atoms with Gasteiger partial charge in [0.05, 0.1) is 42.8 Å². The number of alkyl halides is 5. The van der Waals surface area contributed by atoms with Crippen LogP contribution in [-0.4, -0.2) is 43.7 Å². The molecule has 2 N–H and O–H groups in total. The SMILES string of the molecule is Cc1oncc1C(=O)N[C@H](c1cn2ncc(C(NC(=O)CCC(F)(F)F)C3CC3)cc2n1)C1CCC(F)(F)CC1. The van der Waals surface area contributed by atoms with E-state index in [1.165, 1.54) is 16.9 Å². The van der Waals surface area contributed by atoms with Crippen molar-refractivity contribution in [3.8, 4) is 0 Å². The predicted octanol–water partition coefficient (Wildman–Crippen LogP) is 5.23. The van der Waals surface area contributed by atoms with Crippen molar-refractivity contribution >= 4 is 17.5 Å². The third-order valence-corrected chi connectivity index (χ3v) is 7.60.